The predicted molar refractivity (Wildman–Crippen MR) is 334 cm³/mol. The Bertz CT molecular complexity index is 5010. The molecule has 0 aliphatic carbocycles. The number of anilines is 4. The van der Waals surface area contributed by atoms with Crippen molar-refractivity contribution in [1.29, 1.82) is 0 Å². The molecular formula is C54H42N10O26S6. The maximum atomic E-state index is 13.5. The average molecular weight is 1440 g/mol. The van der Waals surface area contributed by atoms with Crippen LogP contribution in [0.1, 0.15) is 56.8 Å². The Balaban J connectivity index is 0.933. The van der Waals surface area contributed by atoms with E-state index in [1.165, 1.54) is 13.8 Å². The zero-order chi connectivity index (χ0) is 70.9. The Hall–Kier alpha value is -10.6. The monoisotopic (exact) mass is 1440 g/mol. The molecule has 0 fully saturated rings. The minimum Gasteiger partial charge on any atom is -0.478 e. The van der Waals surface area contributed by atoms with Crippen molar-refractivity contribution < 1.29 is 117 Å². The van der Waals surface area contributed by atoms with Crippen LogP contribution in [0.4, 0.5) is 34.1 Å². The fraction of sp³-hybridized carbons (Fsp3) is 0.0741. The van der Waals surface area contributed by atoms with E-state index in [0.717, 1.165) is 121 Å². The summed E-state index contributed by atoms with van der Waals surface area (Å²) in [6.07, 6.45) is 5.18. The van der Waals surface area contributed by atoms with E-state index in [-0.39, 0.29) is 56.4 Å². The SMILES string of the molecule is CC1=NN(c2ccc(C=Cc3ccc(NC(=O)C=CC(=O)Nc4ccc(C=Cc5ccc(N6N=C(C)C(N=Nc7ccc(S(=O)(=O)O)cc7C(=O)O)C6=O)cc5S(=O)(=O)O)c(S(=O)(=O)O)c4)cc3S(=O)(=O)O)c(S(=O)(=O)O)c2)C(=O)C1N=Nc1ccc(S(=O)(=O)O)cc1C(=O)O. The van der Waals surface area contributed by atoms with Crippen molar-refractivity contribution >= 4 is 166 Å². The van der Waals surface area contributed by atoms with E-state index in [4.69, 9.17) is 0 Å². The number of hydrazone groups is 2. The first-order valence-corrected chi connectivity index (χ1v) is 34.6. The highest BCUT2D eigenvalue weighted by Gasteiger charge is 2.38. The molecule has 42 heteroatoms. The van der Waals surface area contributed by atoms with Gasteiger partial charge in [0.05, 0.1) is 55.1 Å². The number of carbonyl (C=O) groups is 6. The number of hydrogen-bond acceptors (Lipinski definition) is 24. The minimum absolute atomic E-state index is 0.0548. The molecule has 500 valence electrons. The highest BCUT2D eigenvalue weighted by Crippen LogP contribution is 2.34. The number of carbonyl (C=O) groups excluding carboxylic acids is 4. The first kappa shape index (κ1) is 71.2. The first-order valence-electron chi connectivity index (χ1n) is 25.9. The molecule has 6 aromatic carbocycles. The molecule has 6 aromatic rings. The van der Waals surface area contributed by atoms with Gasteiger partial charge in [-0.1, -0.05) is 48.6 Å². The second-order valence-electron chi connectivity index (χ2n) is 19.8. The van der Waals surface area contributed by atoms with Gasteiger partial charge in [0.1, 0.15) is 19.6 Å². The van der Waals surface area contributed by atoms with Gasteiger partial charge >= 0.3 is 11.9 Å². The van der Waals surface area contributed by atoms with Gasteiger partial charge in [0, 0.05) is 23.5 Å². The molecule has 0 aromatic heterocycles. The topological polar surface area (TPSA) is 574 Å². The van der Waals surface area contributed by atoms with Gasteiger partial charge in [0.25, 0.3) is 72.5 Å². The van der Waals surface area contributed by atoms with E-state index in [1.54, 1.807) is 0 Å². The van der Waals surface area contributed by atoms with Gasteiger partial charge in [-0.2, -0.15) is 91.2 Å². The average Bonchev–Trinajstić information content (AvgIpc) is 1.54. The van der Waals surface area contributed by atoms with Crippen LogP contribution in [0.15, 0.2) is 181 Å². The van der Waals surface area contributed by atoms with Crippen LogP contribution in [-0.4, -0.2) is 147 Å². The third-order valence-corrected chi connectivity index (χ3v) is 18.5. The molecule has 2 heterocycles. The molecule has 10 N–H and O–H groups in total. The number of amides is 4. The summed E-state index contributed by atoms with van der Waals surface area (Å²) in [5.74, 6) is -7.48. The van der Waals surface area contributed by atoms with Crippen LogP contribution in [0.5, 0.6) is 0 Å². The number of benzene rings is 6. The van der Waals surface area contributed by atoms with Crippen LogP contribution in [0, 0.1) is 0 Å². The molecule has 2 atom stereocenters. The number of carboxylic acids is 2. The molecule has 96 heavy (non-hydrogen) atoms. The summed E-state index contributed by atoms with van der Waals surface area (Å²) in [5.41, 5.74) is -4.93. The van der Waals surface area contributed by atoms with Crippen LogP contribution in [0.2, 0.25) is 0 Å². The molecule has 2 aliphatic heterocycles. The molecule has 2 unspecified atom stereocenters. The van der Waals surface area contributed by atoms with Crippen LogP contribution >= 0.6 is 0 Å². The van der Waals surface area contributed by atoms with Gasteiger partial charge in [-0.15, -0.1) is 0 Å². The van der Waals surface area contributed by atoms with E-state index in [9.17, 15) is 117 Å². The lowest BCUT2D eigenvalue weighted by Crippen LogP contribution is -2.29. The Labute approximate surface area is 541 Å². The second kappa shape index (κ2) is 27.0. The van der Waals surface area contributed by atoms with E-state index < -0.39 is 160 Å². The van der Waals surface area contributed by atoms with Gasteiger partial charge < -0.3 is 20.8 Å². The number of nitrogens with zero attached hydrogens (tertiary/aromatic N) is 8. The quantitative estimate of drug-likeness (QED) is 0.0166. The van der Waals surface area contributed by atoms with Gasteiger partial charge in [-0.25, -0.2) is 9.59 Å². The number of azo groups is 2. The lowest BCUT2D eigenvalue weighted by atomic mass is 10.1. The Morgan fingerprint density at radius 2 is 0.729 bits per heavy atom. The molecule has 0 radical (unpaired) electrons. The summed E-state index contributed by atoms with van der Waals surface area (Å²) in [7, 11) is -30.3. The van der Waals surface area contributed by atoms with Gasteiger partial charge in [-0.3, -0.25) is 46.5 Å². The van der Waals surface area contributed by atoms with Crippen LogP contribution in [-0.2, 0) is 79.9 Å². The van der Waals surface area contributed by atoms with E-state index in [2.05, 4.69) is 41.3 Å². The number of aromatic carboxylic acids is 2. The van der Waals surface area contributed by atoms with E-state index >= 15 is 0 Å². The van der Waals surface area contributed by atoms with Crippen LogP contribution < -0.4 is 20.7 Å². The molecule has 0 spiro atoms. The molecule has 36 nitrogen and oxygen atoms in total. The summed E-state index contributed by atoms with van der Waals surface area (Å²) in [6.45, 7) is 2.61. The maximum Gasteiger partial charge on any atom is 0.338 e. The van der Waals surface area contributed by atoms with Crippen molar-refractivity contribution in [1.82, 2.24) is 0 Å². The van der Waals surface area contributed by atoms with Crippen molar-refractivity contribution in [2.45, 2.75) is 55.3 Å². The summed E-state index contributed by atoms with van der Waals surface area (Å²) >= 11 is 0. The molecular weight excluding hydrogens is 1400 g/mol. The normalized spacial score (nSPS) is 16.0. The Morgan fingerprint density at radius 1 is 0.427 bits per heavy atom. The van der Waals surface area contributed by atoms with Crippen LogP contribution in [0.25, 0.3) is 24.3 Å². The standard InChI is InChI=1S/C54H42N10O26S6/c1-27-49(59-57-41-17-15-37(91(73,74)75)25-39(41)53(69)70)51(67)63(61-27)35-13-9-31(45(23-35)95(85,86)87)5-3-29-7-11-33(21-43(29)93(79,80)81)55-47(65)19-20-48(66)56-34-12-8-30(44(22-34)94(82,83)84)4-6-32-10-14-36(24-46(32)96(88,89)90)64-52(68)50(28(2)62-64)60-58-42-18-16-38(92(76,77)78)26-40(42)54(71)72/h3-26,49-50H,1-2H3,(H,55,65)(H,56,66)(H,69,70)(H,71,72)(H,73,74,75)(H,76,77,78)(H,79,80,81)(H,82,83,84)(H,85,86,87)(H,88,89,90). The fourth-order valence-electron chi connectivity index (χ4n) is 8.71. The van der Waals surface area contributed by atoms with Gasteiger partial charge in [0.15, 0.2) is 12.1 Å². The van der Waals surface area contributed by atoms with Gasteiger partial charge in [0.2, 0.25) is 11.8 Å². The lowest BCUT2D eigenvalue weighted by Gasteiger charge is -2.15. The van der Waals surface area contributed by atoms with E-state index in [0.29, 0.717) is 34.3 Å². The fourth-order valence-corrected chi connectivity index (χ4v) is 12.6. The number of carboxylic acid groups (broad SMARTS) is 2. The number of rotatable bonds is 22. The second-order valence-corrected chi connectivity index (χ2v) is 28.2. The molecule has 2 aliphatic rings. The summed E-state index contributed by atoms with van der Waals surface area (Å²) in [5, 5.41) is 48.2. The smallest absolute Gasteiger partial charge is 0.338 e. The zero-order valence-corrected chi connectivity index (χ0v) is 52.9. The molecule has 8 rings (SSSR count). The predicted octanol–water partition coefficient (Wildman–Crippen LogP) is 5.79. The third kappa shape index (κ3) is 16.6. The lowest BCUT2D eigenvalue weighted by molar-refractivity contribution is -0.118. The van der Waals surface area contributed by atoms with Crippen molar-refractivity contribution in [2.24, 2.45) is 30.7 Å². The van der Waals surface area contributed by atoms with Crippen molar-refractivity contribution in [3.05, 3.63) is 155 Å². The number of hydrogen-bond donors (Lipinski definition) is 10. The molecule has 0 saturated heterocycles. The summed E-state index contributed by atoms with van der Waals surface area (Å²) in [4.78, 5) is 71.4. The van der Waals surface area contributed by atoms with Crippen molar-refractivity contribution in [2.75, 3.05) is 20.7 Å². The van der Waals surface area contributed by atoms with Crippen molar-refractivity contribution in [3.63, 3.8) is 0 Å². The molecule has 4 amide bonds. The highest BCUT2D eigenvalue weighted by molar-refractivity contribution is 7.87. The number of nitrogens with one attached hydrogen (secondary N) is 2. The Kier molecular flexibility index (Phi) is 20.0. The Morgan fingerprint density at radius 3 is 1.02 bits per heavy atom. The minimum atomic E-state index is -5.18. The van der Waals surface area contributed by atoms with E-state index in [1.807, 2.05) is 0 Å². The summed E-state index contributed by atoms with van der Waals surface area (Å²) in [6, 6.07) is 13.3. The van der Waals surface area contributed by atoms with Crippen molar-refractivity contribution in [3.8, 4) is 0 Å². The summed E-state index contributed by atoms with van der Waals surface area (Å²) < 4.78 is 206. The first-order chi connectivity index (χ1) is 44.5. The zero-order valence-electron chi connectivity index (χ0n) is 48.0. The molecule has 0 bridgehead atoms. The third-order valence-electron chi connectivity index (χ3n) is 13.2. The largest absolute Gasteiger partial charge is 0.478 e. The maximum absolute atomic E-state index is 13.5. The van der Waals surface area contributed by atoms with Crippen LogP contribution in [0.3, 0.4) is 0 Å². The van der Waals surface area contributed by atoms with Gasteiger partial charge in [-0.05, 0) is 121 Å². The molecule has 0 saturated carbocycles. The highest BCUT2D eigenvalue weighted by atomic mass is 32.2.